The van der Waals surface area contributed by atoms with Gasteiger partial charge in [0.05, 0.1) is 0 Å². The maximum absolute atomic E-state index is 4.38. The fraction of sp³-hybridized carbons (Fsp3) is 0.286. The standard InChI is InChI=1S/C14H16N2/c1-10(2)14-15-8-12(9-16-14)13-7-5-4-6-11(13)3/h4-10H,1-3H3. The van der Waals surface area contributed by atoms with Gasteiger partial charge in [-0.25, -0.2) is 9.97 Å². The molecule has 0 aliphatic heterocycles. The van der Waals surface area contributed by atoms with Crippen LogP contribution in [0.3, 0.4) is 0 Å². The highest BCUT2D eigenvalue weighted by atomic mass is 14.9. The average molecular weight is 212 g/mol. The molecule has 0 saturated heterocycles. The van der Waals surface area contributed by atoms with Gasteiger partial charge in [0, 0.05) is 23.9 Å². The van der Waals surface area contributed by atoms with Gasteiger partial charge in [0.2, 0.25) is 0 Å². The molecule has 82 valence electrons. The maximum atomic E-state index is 4.38. The Morgan fingerprint density at radius 3 is 2.19 bits per heavy atom. The van der Waals surface area contributed by atoms with E-state index in [9.17, 15) is 0 Å². The third-order valence-electron chi connectivity index (χ3n) is 2.64. The van der Waals surface area contributed by atoms with Gasteiger partial charge in [-0.2, -0.15) is 0 Å². The topological polar surface area (TPSA) is 25.8 Å². The predicted octanol–water partition coefficient (Wildman–Crippen LogP) is 3.58. The number of benzene rings is 1. The van der Waals surface area contributed by atoms with Gasteiger partial charge in [0.15, 0.2) is 0 Å². The van der Waals surface area contributed by atoms with E-state index in [1.807, 2.05) is 24.5 Å². The van der Waals surface area contributed by atoms with Gasteiger partial charge >= 0.3 is 0 Å². The molecule has 0 bridgehead atoms. The predicted molar refractivity (Wildman–Crippen MR) is 66.3 cm³/mol. The molecule has 2 nitrogen and oxygen atoms in total. The van der Waals surface area contributed by atoms with E-state index in [0.717, 1.165) is 11.4 Å². The Kier molecular flexibility index (Phi) is 3.00. The average Bonchev–Trinajstić information content (AvgIpc) is 2.30. The zero-order chi connectivity index (χ0) is 11.5. The van der Waals surface area contributed by atoms with Crippen LogP contribution < -0.4 is 0 Å². The zero-order valence-corrected chi connectivity index (χ0v) is 9.94. The first-order valence-electron chi connectivity index (χ1n) is 5.56. The smallest absolute Gasteiger partial charge is 0.130 e. The largest absolute Gasteiger partial charge is 0.240 e. The molecular formula is C14H16N2. The molecule has 0 N–H and O–H groups in total. The molecule has 1 aromatic heterocycles. The van der Waals surface area contributed by atoms with Crippen molar-refractivity contribution in [1.82, 2.24) is 9.97 Å². The minimum absolute atomic E-state index is 0.380. The minimum Gasteiger partial charge on any atom is -0.240 e. The van der Waals surface area contributed by atoms with E-state index in [2.05, 4.69) is 42.9 Å². The SMILES string of the molecule is Cc1ccccc1-c1cnc(C(C)C)nc1. The van der Waals surface area contributed by atoms with E-state index in [0.29, 0.717) is 5.92 Å². The van der Waals surface area contributed by atoms with Crippen molar-refractivity contribution in [3.63, 3.8) is 0 Å². The first kappa shape index (κ1) is 10.8. The Labute approximate surface area is 96.4 Å². The molecule has 2 aromatic rings. The van der Waals surface area contributed by atoms with Crippen LogP contribution in [-0.2, 0) is 0 Å². The van der Waals surface area contributed by atoms with Crippen LogP contribution in [0.2, 0.25) is 0 Å². The zero-order valence-electron chi connectivity index (χ0n) is 9.94. The van der Waals surface area contributed by atoms with Crippen LogP contribution in [0.25, 0.3) is 11.1 Å². The molecule has 0 aliphatic rings. The first-order valence-corrected chi connectivity index (χ1v) is 5.56. The molecule has 1 heterocycles. The van der Waals surface area contributed by atoms with Crippen molar-refractivity contribution in [1.29, 1.82) is 0 Å². The molecule has 0 fully saturated rings. The van der Waals surface area contributed by atoms with E-state index in [4.69, 9.17) is 0 Å². The van der Waals surface area contributed by atoms with E-state index < -0.39 is 0 Å². The lowest BCUT2D eigenvalue weighted by molar-refractivity contribution is 0.774. The van der Waals surface area contributed by atoms with E-state index in [1.165, 1.54) is 11.1 Å². The summed E-state index contributed by atoms with van der Waals surface area (Å²) in [6.45, 7) is 6.30. The van der Waals surface area contributed by atoms with Crippen molar-refractivity contribution in [2.45, 2.75) is 26.7 Å². The van der Waals surface area contributed by atoms with Crippen LogP contribution in [-0.4, -0.2) is 9.97 Å². The summed E-state index contributed by atoms with van der Waals surface area (Å²) in [4.78, 5) is 8.77. The molecule has 0 saturated carbocycles. The summed E-state index contributed by atoms with van der Waals surface area (Å²) in [7, 11) is 0. The maximum Gasteiger partial charge on any atom is 0.130 e. The molecular weight excluding hydrogens is 196 g/mol. The summed E-state index contributed by atoms with van der Waals surface area (Å²) >= 11 is 0. The summed E-state index contributed by atoms with van der Waals surface area (Å²) in [6.07, 6.45) is 3.81. The Morgan fingerprint density at radius 1 is 1.00 bits per heavy atom. The summed E-state index contributed by atoms with van der Waals surface area (Å²) in [5.74, 6) is 1.28. The summed E-state index contributed by atoms with van der Waals surface area (Å²) in [5, 5.41) is 0. The number of aromatic nitrogens is 2. The van der Waals surface area contributed by atoms with Crippen LogP contribution in [0.5, 0.6) is 0 Å². The number of aryl methyl sites for hydroxylation is 1. The molecule has 1 aromatic carbocycles. The normalized spacial score (nSPS) is 10.8. The van der Waals surface area contributed by atoms with Crippen molar-refractivity contribution < 1.29 is 0 Å². The number of rotatable bonds is 2. The minimum atomic E-state index is 0.380. The van der Waals surface area contributed by atoms with Crippen LogP contribution >= 0.6 is 0 Å². The molecule has 0 atom stereocenters. The second-order valence-corrected chi connectivity index (χ2v) is 4.30. The van der Waals surface area contributed by atoms with Crippen molar-refractivity contribution in [2.24, 2.45) is 0 Å². The lowest BCUT2D eigenvalue weighted by Crippen LogP contribution is -1.97. The molecule has 2 rings (SSSR count). The van der Waals surface area contributed by atoms with Gasteiger partial charge in [0.1, 0.15) is 5.82 Å². The van der Waals surface area contributed by atoms with Gasteiger partial charge in [-0.15, -0.1) is 0 Å². The third kappa shape index (κ3) is 2.11. The van der Waals surface area contributed by atoms with Gasteiger partial charge in [0.25, 0.3) is 0 Å². The van der Waals surface area contributed by atoms with Crippen LogP contribution in [0.15, 0.2) is 36.7 Å². The van der Waals surface area contributed by atoms with E-state index >= 15 is 0 Å². The number of nitrogens with zero attached hydrogens (tertiary/aromatic N) is 2. The fourth-order valence-corrected chi connectivity index (χ4v) is 1.67. The van der Waals surface area contributed by atoms with Crippen molar-refractivity contribution in [3.8, 4) is 11.1 Å². The molecule has 2 heteroatoms. The van der Waals surface area contributed by atoms with Crippen LogP contribution in [0.1, 0.15) is 31.2 Å². The van der Waals surface area contributed by atoms with E-state index in [-0.39, 0.29) is 0 Å². The van der Waals surface area contributed by atoms with Crippen LogP contribution in [0, 0.1) is 6.92 Å². The van der Waals surface area contributed by atoms with Gasteiger partial charge < -0.3 is 0 Å². The summed E-state index contributed by atoms with van der Waals surface area (Å²) in [5.41, 5.74) is 3.55. The molecule has 0 spiro atoms. The van der Waals surface area contributed by atoms with Crippen molar-refractivity contribution >= 4 is 0 Å². The summed E-state index contributed by atoms with van der Waals surface area (Å²) < 4.78 is 0. The Morgan fingerprint density at radius 2 is 1.62 bits per heavy atom. The highest BCUT2D eigenvalue weighted by Crippen LogP contribution is 2.22. The monoisotopic (exact) mass is 212 g/mol. The van der Waals surface area contributed by atoms with E-state index in [1.54, 1.807) is 0 Å². The van der Waals surface area contributed by atoms with Gasteiger partial charge in [-0.05, 0) is 18.1 Å². The molecule has 0 aliphatic carbocycles. The second kappa shape index (κ2) is 4.44. The van der Waals surface area contributed by atoms with Gasteiger partial charge in [-0.1, -0.05) is 38.1 Å². The molecule has 16 heavy (non-hydrogen) atoms. The van der Waals surface area contributed by atoms with Crippen molar-refractivity contribution in [2.75, 3.05) is 0 Å². The molecule has 0 amide bonds. The fourth-order valence-electron chi connectivity index (χ4n) is 1.67. The first-order chi connectivity index (χ1) is 7.68. The molecule has 0 radical (unpaired) electrons. The second-order valence-electron chi connectivity index (χ2n) is 4.30. The highest BCUT2D eigenvalue weighted by Gasteiger charge is 2.04. The quantitative estimate of drug-likeness (QED) is 0.760. The van der Waals surface area contributed by atoms with Crippen LogP contribution in [0.4, 0.5) is 0 Å². The number of hydrogen-bond donors (Lipinski definition) is 0. The lowest BCUT2D eigenvalue weighted by atomic mass is 10.0. The van der Waals surface area contributed by atoms with Gasteiger partial charge in [-0.3, -0.25) is 0 Å². The third-order valence-corrected chi connectivity index (χ3v) is 2.64. The Balaban J connectivity index is 2.39. The van der Waals surface area contributed by atoms with Crippen molar-refractivity contribution in [3.05, 3.63) is 48.0 Å². The Hall–Kier alpha value is -1.70. The summed E-state index contributed by atoms with van der Waals surface area (Å²) in [6, 6.07) is 8.29. The number of hydrogen-bond acceptors (Lipinski definition) is 2. The highest BCUT2D eigenvalue weighted by molar-refractivity contribution is 5.65. The molecule has 0 unspecified atom stereocenters. The Bertz CT molecular complexity index is 472. The lowest BCUT2D eigenvalue weighted by Gasteiger charge is -2.07.